The topological polar surface area (TPSA) is 241 Å². The molecule has 0 amide bonds. The normalized spacial score (nSPS) is 10.2. The van der Waals surface area contributed by atoms with Crippen LogP contribution in [-0.4, -0.2) is 76.5 Å². The van der Waals surface area contributed by atoms with Gasteiger partial charge in [-0.15, -0.1) is 0 Å². The molecule has 0 unspecified atom stereocenters. The van der Waals surface area contributed by atoms with Gasteiger partial charge in [-0.25, -0.2) is 0 Å². The number of hydrogen-bond donors (Lipinski definition) is 0. The van der Waals surface area contributed by atoms with Gasteiger partial charge in [-0.1, -0.05) is 0 Å². The molecule has 0 N–H and O–H groups in total. The van der Waals surface area contributed by atoms with E-state index in [0.29, 0.717) is 0 Å². The van der Waals surface area contributed by atoms with Crippen LogP contribution >= 0.6 is 0 Å². The molecule has 1 radical (unpaired) electrons. The molecule has 0 saturated heterocycles. The summed E-state index contributed by atoms with van der Waals surface area (Å²) < 4.78 is 102. The van der Waals surface area contributed by atoms with Gasteiger partial charge >= 0.3 is 41.0 Å². The van der Waals surface area contributed by atoms with Gasteiger partial charge < -0.3 is 27.3 Å². The average Bonchev–Trinajstić information content (AvgIpc) is 1.41. The molecule has 0 aromatic heterocycles. The summed E-state index contributed by atoms with van der Waals surface area (Å²) in [5, 5.41) is 0. The summed E-state index contributed by atoms with van der Waals surface area (Å²) in [5.74, 6) is 0. The average molecular weight is 470 g/mol. The maximum Gasteiger partial charge on any atom is 4.00 e. The molecule has 0 fully saturated rings. The minimum atomic E-state index is -5.17. The van der Waals surface area contributed by atoms with Crippen LogP contribution in [0.4, 0.5) is 0 Å². The van der Waals surface area contributed by atoms with Crippen molar-refractivity contribution >= 4 is 55.1 Å². The van der Waals surface area contributed by atoms with Gasteiger partial charge in [0, 0.05) is 31.2 Å². The minimum Gasteiger partial charge on any atom is -0.759 e. The van der Waals surface area contributed by atoms with E-state index in [-0.39, 0.29) is 41.0 Å². The fourth-order valence-corrected chi connectivity index (χ4v) is 0. The number of hydrogen-bond acceptors (Lipinski definition) is 12. The molecular formula is CuO12S3Sn. The molecule has 0 atom stereocenters. The third-order valence-electron chi connectivity index (χ3n) is 0. The zero-order chi connectivity index (χ0) is 13.5. The van der Waals surface area contributed by atoms with E-state index in [1.807, 2.05) is 0 Å². The van der Waals surface area contributed by atoms with Crippen molar-refractivity contribution in [1.29, 1.82) is 0 Å². The van der Waals surface area contributed by atoms with Crippen molar-refractivity contribution in [3.05, 3.63) is 0 Å². The molecule has 0 aliphatic heterocycles. The summed E-state index contributed by atoms with van der Waals surface area (Å²) in [4.78, 5) is 0. The molecule has 0 bridgehead atoms. The SMILES string of the molecule is O=S(=O)([O-])[O-].O=S(=O)([O-])[O-].O=S(=O)([O-])[O-].[Cu+2].[Sn+4]. The van der Waals surface area contributed by atoms with Gasteiger partial charge in [0.05, 0.1) is 0 Å². The molecule has 0 aromatic rings. The van der Waals surface area contributed by atoms with Crippen LogP contribution in [0.1, 0.15) is 0 Å². The van der Waals surface area contributed by atoms with Crippen LogP contribution in [0, 0.1) is 0 Å². The van der Waals surface area contributed by atoms with Crippen LogP contribution in [0.5, 0.6) is 0 Å². The molecule has 0 rings (SSSR count). The van der Waals surface area contributed by atoms with E-state index in [1.54, 1.807) is 0 Å². The first-order valence-corrected chi connectivity index (χ1v) is 6.00. The summed E-state index contributed by atoms with van der Waals surface area (Å²) >= 11 is 0. The van der Waals surface area contributed by atoms with Crippen molar-refractivity contribution in [2.45, 2.75) is 0 Å². The molecule has 0 aromatic carbocycles. The van der Waals surface area contributed by atoms with Crippen molar-refractivity contribution in [2.24, 2.45) is 0 Å². The van der Waals surface area contributed by atoms with E-state index in [4.69, 9.17) is 52.6 Å². The van der Waals surface area contributed by atoms with E-state index in [9.17, 15) is 0 Å². The van der Waals surface area contributed by atoms with Crippen LogP contribution in [0.25, 0.3) is 0 Å². The third-order valence-corrected chi connectivity index (χ3v) is 0. The maximum absolute atomic E-state index is 8.52. The Balaban J connectivity index is -0.0000000400. The Morgan fingerprint density at radius 1 is 0.471 bits per heavy atom. The van der Waals surface area contributed by atoms with Crippen LogP contribution in [0.3, 0.4) is 0 Å². The largest absolute Gasteiger partial charge is 4.00 e. The quantitative estimate of drug-likeness (QED) is 0.185. The first-order valence-electron chi connectivity index (χ1n) is 2.00. The molecule has 17 heavy (non-hydrogen) atoms. The molecule has 0 aliphatic carbocycles. The summed E-state index contributed by atoms with van der Waals surface area (Å²) in [6.45, 7) is 0. The van der Waals surface area contributed by atoms with E-state index in [0.717, 1.165) is 0 Å². The summed E-state index contributed by atoms with van der Waals surface area (Å²) in [6.07, 6.45) is 0. The van der Waals surface area contributed by atoms with Crippen LogP contribution in [-0.2, 0) is 48.3 Å². The molecule has 0 spiro atoms. The molecule has 17 heteroatoms. The van der Waals surface area contributed by atoms with Gasteiger partial charge in [0.2, 0.25) is 0 Å². The zero-order valence-corrected chi connectivity index (χ0v) is 13.2. The smallest absolute Gasteiger partial charge is 0.759 e. The summed E-state index contributed by atoms with van der Waals surface area (Å²) in [5.41, 5.74) is 0. The first kappa shape index (κ1) is 30.7. The summed E-state index contributed by atoms with van der Waals surface area (Å²) in [7, 11) is -15.5. The second kappa shape index (κ2) is 12.0. The standard InChI is InChI=1S/Cu.3H2O4S.Sn/c;3*1-5(2,3)4;/h;3*(H2,1,2,3,4);/q+2;;;;+4/p-6. The second-order valence-electron chi connectivity index (χ2n) is 1.22. The van der Waals surface area contributed by atoms with Crippen molar-refractivity contribution in [1.82, 2.24) is 0 Å². The Labute approximate surface area is 124 Å². The van der Waals surface area contributed by atoms with Gasteiger partial charge in [0.25, 0.3) is 0 Å². The summed E-state index contributed by atoms with van der Waals surface area (Å²) in [6, 6.07) is 0. The van der Waals surface area contributed by atoms with Crippen molar-refractivity contribution in [3.63, 3.8) is 0 Å². The van der Waals surface area contributed by atoms with Gasteiger partial charge in [0.1, 0.15) is 0 Å². The second-order valence-corrected chi connectivity index (χ2v) is 3.67. The predicted molar refractivity (Wildman–Crippen MR) is 37.2 cm³/mol. The molecule has 0 saturated carbocycles. The predicted octanol–water partition coefficient (Wildman–Crippen LogP) is -4.40. The minimum absolute atomic E-state index is 0. The van der Waals surface area contributed by atoms with Gasteiger partial charge in [-0.2, -0.15) is 0 Å². The first-order chi connectivity index (χ1) is 6.00. The zero-order valence-electron chi connectivity index (χ0n) is 6.93. The molecule has 105 valence electrons. The van der Waals surface area contributed by atoms with E-state index < -0.39 is 31.2 Å². The van der Waals surface area contributed by atoms with Crippen molar-refractivity contribution in [2.75, 3.05) is 0 Å². The Morgan fingerprint density at radius 2 is 0.471 bits per heavy atom. The Hall–Kier alpha value is 0.928. The fraction of sp³-hybridized carbons (Fsp3) is 0. The molecule has 0 aliphatic rings. The van der Waals surface area contributed by atoms with Crippen LogP contribution in [0.2, 0.25) is 0 Å². The van der Waals surface area contributed by atoms with E-state index in [1.165, 1.54) is 0 Å². The van der Waals surface area contributed by atoms with Crippen LogP contribution < -0.4 is 0 Å². The van der Waals surface area contributed by atoms with Gasteiger partial charge in [-0.05, 0) is 0 Å². The maximum atomic E-state index is 8.52. The van der Waals surface area contributed by atoms with Crippen LogP contribution in [0.15, 0.2) is 0 Å². The molecule has 0 heterocycles. The Morgan fingerprint density at radius 3 is 0.471 bits per heavy atom. The van der Waals surface area contributed by atoms with E-state index in [2.05, 4.69) is 0 Å². The monoisotopic (exact) mass is 471 g/mol. The fourth-order valence-electron chi connectivity index (χ4n) is 0. The Kier molecular flexibility index (Phi) is 21.7. The van der Waals surface area contributed by atoms with Crippen molar-refractivity contribution in [3.8, 4) is 0 Å². The van der Waals surface area contributed by atoms with Gasteiger partial charge in [0.15, 0.2) is 0 Å². The third kappa shape index (κ3) is 4380. The molecule has 12 nitrogen and oxygen atoms in total. The van der Waals surface area contributed by atoms with E-state index >= 15 is 0 Å². The van der Waals surface area contributed by atoms with Gasteiger partial charge in [-0.3, -0.25) is 25.3 Å². The molecular weight excluding hydrogens is 470 g/mol. The van der Waals surface area contributed by atoms with Crippen molar-refractivity contribution < 1.29 is 69.6 Å². The number of rotatable bonds is 0. The Bertz CT molecular complexity index is 343.